The van der Waals surface area contributed by atoms with Gasteiger partial charge in [-0.2, -0.15) is 0 Å². The first-order valence-corrected chi connectivity index (χ1v) is 9.12. The van der Waals surface area contributed by atoms with E-state index in [4.69, 9.17) is 21.1 Å². The van der Waals surface area contributed by atoms with Crippen molar-refractivity contribution in [1.29, 1.82) is 0 Å². The van der Waals surface area contributed by atoms with Crippen molar-refractivity contribution >= 4 is 45.4 Å². The molecule has 0 radical (unpaired) electrons. The van der Waals surface area contributed by atoms with Crippen LogP contribution in [0.2, 0.25) is 5.02 Å². The molecular weight excluding hydrogens is 372 g/mol. The SMILES string of the molecule is CCOC(=O)Sc1cccc2cccc(OC(=O)c3cccc(Cl)c3)c12. The highest BCUT2D eigenvalue weighted by Gasteiger charge is 2.16. The Morgan fingerprint density at radius 1 is 1.04 bits per heavy atom. The maximum absolute atomic E-state index is 12.5. The number of esters is 1. The Kier molecular flexibility index (Phi) is 5.81. The van der Waals surface area contributed by atoms with Gasteiger partial charge in [0.25, 0.3) is 0 Å². The third-order valence-electron chi connectivity index (χ3n) is 3.55. The number of benzene rings is 3. The van der Waals surface area contributed by atoms with Gasteiger partial charge in [0.2, 0.25) is 0 Å². The second-order valence-electron chi connectivity index (χ2n) is 5.30. The summed E-state index contributed by atoms with van der Waals surface area (Å²) in [5, 5.41) is 1.59. The van der Waals surface area contributed by atoms with E-state index < -0.39 is 11.3 Å². The number of ether oxygens (including phenoxy) is 2. The summed E-state index contributed by atoms with van der Waals surface area (Å²) < 4.78 is 10.6. The van der Waals surface area contributed by atoms with Crippen LogP contribution in [0.15, 0.2) is 65.6 Å². The average molecular weight is 387 g/mol. The van der Waals surface area contributed by atoms with E-state index >= 15 is 0 Å². The molecule has 0 heterocycles. The van der Waals surface area contributed by atoms with Crippen molar-refractivity contribution in [1.82, 2.24) is 0 Å². The van der Waals surface area contributed by atoms with Crippen LogP contribution in [0.5, 0.6) is 5.75 Å². The van der Waals surface area contributed by atoms with Crippen LogP contribution in [0.25, 0.3) is 10.8 Å². The van der Waals surface area contributed by atoms with Gasteiger partial charge in [-0.05, 0) is 54.4 Å². The Labute approximate surface area is 160 Å². The van der Waals surface area contributed by atoms with Crippen molar-refractivity contribution < 1.29 is 19.1 Å². The third-order valence-corrected chi connectivity index (χ3v) is 4.63. The fourth-order valence-electron chi connectivity index (χ4n) is 2.45. The van der Waals surface area contributed by atoms with Gasteiger partial charge < -0.3 is 9.47 Å². The lowest BCUT2D eigenvalue weighted by atomic mass is 10.1. The van der Waals surface area contributed by atoms with E-state index in [2.05, 4.69) is 0 Å². The summed E-state index contributed by atoms with van der Waals surface area (Å²) in [6, 6.07) is 17.4. The normalized spacial score (nSPS) is 10.5. The topological polar surface area (TPSA) is 52.6 Å². The van der Waals surface area contributed by atoms with Crippen LogP contribution in [0, 0.1) is 0 Å². The Morgan fingerprint density at radius 3 is 2.50 bits per heavy atom. The highest BCUT2D eigenvalue weighted by atomic mass is 35.5. The van der Waals surface area contributed by atoms with E-state index in [9.17, 15) is 9.59 Å². The molecule has 0 unspecified atom stereocenters. The van der Waals surface area contributed by atoms with Crippen molar-refractivity contribution in [2.45, 2.75) is 11.8 Å². The molecule has 3 aromatic carbocycles. The number of halogens is 1. The molecule has 26 heavy (non-hydrogen) atoms. The molecule has 132 valence electrons. The summed E-state index contributed by atoms with van der Waals surface area (Å²) >= 11 is 6.90. The van der Waals surface area contributed by atoms with Gasteiger partial charge in [0.1, 0.15) is 5.75 Å². The molecule has 0 fully saturated rings. The maximum atomic E-state index is 12.5. The van der Waals surface area contributed by atoms with Gasteiger partial charge in [0, 0.05) is 15.3 Å². The second kappa shape index (κ2) is 8.25. The van der Waals surface area contributed by atoms with Gasteiger partial charge in [-0.3, -0.25) is 0 Å². The minimum atomic E-state index is -0.518. The summed E-state index contributed by atoms with van der Waals surface area (Å²) in [6.45, 7) is 2.05. The molecule has 0 N–H and O–H groups in total. The average Bonchev–Trinajstić information content (AvgIpc) is 2.62. The smallest absolute Gasteiger partial charge is 0.372 e. The summed E-state index contributed by atoms with van der Waals surface area (Å²) in [4.78, 5) is 25.0. The number of hydrogen-bond donors (Lipinski definition) is 0. The molecule has 6 heteroatoms. The number of carbonyl (C=O) groups is 2. The number of thioether (sulfide) groups is 1. The second-order valence-corrected chi connectivity index (χ2v) is 6.71. The van der Waals surface area contributed by atoms with Crippen LogP contribution < -0.4 is 4.74 Å². The molecule has 0 atom stereocenters. The molecule has 3 aromatic rings. The molecule has 0 bridgehead atoms. The molecule has 0 aromatic heterocycles. The molecule has 0 saturated heterocycles. The molecule has 0 saturated carbocycles. The van der Waals surface area contributed by atoms with Crippen LogP contribution in [-0.2, 0) is 4.74 Å². The van der Waals surface area contributed by atoms with Crippen molar-refractivity contribution in [3.05, 3.63) is 71.2 Å². The predicted octanol–water partition coefficient (Wildman–Crippen LogP) is 5.96. The zero-order valence-corrected chi connectivity index (χ0v) is 15.5. The monoisotopic (exact) mass is 386 g/mol. The predicted molar refractivity (Wildman–Crippen MR) is 103 cm³/mol. The van der Waals surface area contributed by atoms with E-state index in [0.717, 1.165) is 17.1 Å². The molecule has 0 amide bonds. The zero-order valence-electron chi connectivity index (χ0n) is 13.9. The molecule has 0 aliphatic rings. The molecule has 0 spiro atoms. The largest absolute Gasteiger partial charge is 0.458 e. The van der Waals surface area contributed by atoms with E-state index in [1.165, 1.54) is 0 Å². The zero-order chi connectivity index (χ0) is 18.5. The summed E-state index contributed by atoms with van der Waals surface area (Å²) in [6.07, 6.45) is 0. The number of hydrogen-bond acceptors (Lipinski definition) is 5. The maximum Gasteiger partial charge on any atom is 0.372 e. The van der Waals surface area contributed by atoms with Crippen LogP contribution in [-0.4, -0.2) is 17.9 Å². The molecule has 0 aliphatic heterocycles. The van der Waals surface area contributed by atoms with E-state index in [1.54, 1.807) is 49.4 Å². The lowest BCUT2D eigenvalue weighted by Crippen LogP contribution is -2.08. The van der Waals surface area contributed by atoms with E-state index in [1.807, 2.05) is 18.2 Å². The van der Waals surface area contributed by atoms with Crippen LogP contribution in [0.3, 0.4) is 0 Å². The van der Waals surface area contributed by atoms with E-state index in [-0.39, 0.29) is 0 Å². The van der Waals surface area contributed by atoms with Gasteiger partial charge in [-0.25, -0.2) is 9.59 Å². The number of rotatable bonds is 4. The first kappa shape index (κ1) is 18.3. The van der Waals surface area contributed by atoms with Gasteiger partial charge in [-0.15, -0.1) is 0 Å². The van der Waals surface area contributed by atoms with Crippen LogP contribution >= 0.6 is 23.4 Å². The fourth-order valence-corrected chi connectivity index (χ4v) is 3.47. The molecule has 0 aliphatic carbocycles. The van der Waals surface area contributed by atoms with Gasteiger partial charge in [0.15, 0.2) is 0 Å². The van der Waals surface area contributed by atoms with Crippen molar-refractivity contribution in [3.63, 3.8) is 0 Å². The Morgan fingerprint density at radius 2 is 1.77 bits per heavy atom. The molecule has 4 nitrogen and oxygen atoms in total. The third kappa shape index (κ3) is 4.18. The Hall–Kier alpha value is -2.50. The Bertz CT molecular complexity index is 966. The minimum absolute atomic E-state index is 0.299. The minimum Gasteiger partial charge on any atom is -0.458 e. The summed E-state index contributed by atoms with van der Waals surface area (Å²) in [5.41, 5.74) is 0.352. The van der Waals surface area contributed by atoms with Crippen molar-refractivity contribution in [3.8, 4) is 5.75 Å². The first-order chi connectivity index (χ1) is 12.6. The lowest BCUT2D eigenvalue weighted by Gasteiger charge is -2.11. The van der Waals surface area contributed by atoms with Crippen molar-refractivity contribution in [2.75, 3.05) is 6.61 Å². The highest BCUT2D eigenvalue weighted by Crippen LogP contribution is 2.36. The van der Waals surface area contributed by atoms with E-state index in [0.29, 0.717) is 33.2 Å². The quantitative estimate of drug-likeness (QED) is 0.314. The fraction of sp³-hybridized carbons (Fsp3) is 0.100. The van der Waals surface area contributed by atoms with Crippen LogP contribution in [0.4, 0.5) is 4.79 Å². The van der Waals surface area contributed by atoms with Gasteiger partial charge in [-0.1, -0.05) is 41.9 Å². The molecule has 3 rings (SSSR count). The number of carbonyl (C=O) groups excluding carboxylic acids is 2. The first-order valence-electron chi connectivity index (χ1n) is 7.92. The highest BCUT2D eigenvalue weighted by molar-refractivity contribution is 8.13. The van der Waals surface area contributed by atoms with Crippen LogP contribution in [0.1, 0.15) is 17.3 Å². The van der Waals surface area contributed by atoms with Crippen molar-refractivity contribution in [2.24, 2.45) is 0 Å². The molecular formula is C20H15ClO4S. The summed E-state index contributed by atoms with van der Waals surface area (Å²) in [7, 11) is 0. The summed E-state index contributed by atoms with van der Waals surface area (Å²) in [5.74, 6) is -0.143. The van der Waals surface area contributed by atoms with Gasteiger partial charge >= 0.3 is 11.3 Å². The number of fused-ring (bicyclic) bond motifs is 1. The van der Waals surface area contributed by atoms with Gasteiger partial charge in [0.05, 0.1) is 12.2 Å². The standard InChI is InChI=1S/C20H15ClO4S/c1-2-24-20(23)26-17-11-5-7-13-6-4-10-16(18(13)17)25-19(22)14-8-3-9-15(21)12-14/h3-12H,2H2,1H3. The Balaban J connectivity index is 1.97. The lowest BCUT2D eigenvalue weighted by molar-refractivity contribution is 0.0737.